The van der Waals surface area contributed by atoms with Gasteiger partial charge in [0.2, 0.25) is 0 Å². The highest BCUT2D eigenvalue weighted by atomic mass is 80.9. The third-order valence-corrected chi connectivity index (χ3v) is 5.12. The van der Waals surface area contributed by atoms with Gasteiger partial charge in [0.15, 0.2) is 0 Å². The number of benzene rings is 4. The van der Waals surface area contributed by atoms with Crippen molar-refractivity contribution in [1.82, 2.24) is 0 Å². The number of halogens is 3. The first kappa shape index (κ1) is 25.0. The van der Waals surface area contributed by atoms with Gasteiger partial charge in [-0.3, -0.25) is 4.79 Å². The van der Waals surface area contributed by atoms with Crippen LogP contribution in [0.4, 0.5) is 0 Å². The van der Waals surface area contributed by atoms with Crippen LogP contribution in [-0.2, 0) is 4.79 Å². The third-order valence-electron chi connectivity index (χ3n) is 4.62. The molecule has 33 heavy (non-hydrogen) atoms. The van der Waals surface area contributed by atoms with Crippen LogP contribution in [-0.4, -0.2) is 11.1 Å². The predicted molar refractivity (Wildman–Crippen MR) is 146 cm³/mol. The smallest absolute Gasteiger partial charge is 0.300 e. The maximum Gasteiger partial charge on any atom is 0.300 e. The Morgan fingerprint density at radius 3 is 1.39 bits per heavy atom. The summed E-state index contributed by atoms with van der Waals surface area (Å²) >= 11 is 8.96. The van der Waals surface area contributed by atoms with Gasteiger partial charge in [-0.25, -0.2) is 0 Å². The van der Waals surface area contributed by atoms with Gasteiger partial charge in [-0.05, 0) is 36.4 Å². The fourth-order valence-electron chi connectivity index (χ4n) is 3.37. The molecule has 1 N–H and O–H groups in total. The minimum Gasteiger partial charge on any atom is -0.481 e. The number of hydrogen-bond donors (Lipinski definition) is 1. The molecule has 0 saturated carbocycles. The number of para-hydroxylation sites is 3. The highest BCUT2D eigenvalue weighted by Crippen LogP contribution is 2.30. The summed E-state index contributed by atoms with van der Waals surface area (Å²) in [6.07, 6.45) is 0. The summed E-state index contributed by atoms with van der Waals surface area (Å²) in [6, 6.07) is 30.3. The molecular formula is C26H19Br3O4. The maximum atomic E-state index is 9.00. The lowest BCUT2D eigenvalue weighted by Gasteiger charge is -1.89. The largest absolute Gasteiger partial charge is 0.481 e. The van der Waals surface area contributed by atoms with Gasteiger partial charge in [0.05, 0.1) is 0 Å². The summed E-state index contributed by atoms with van der Waals surface area (Å²) in [4.78, 5) is 9.00. The van der Waals surface area contributed by atoms with Gasteiger partial charge in [0.1, 0.15) is 22.3 Å². The van der Waals surface area contributed by atoms with Crippen LogP contribution in [0.15, 0.2) is 104 Å². The summed E-state index contributed by atoms with van der Waals surface area (Å²) < 4.78 is 12.4. The fraction of sp³-hybridized carbons (Fsp3) is 0.0385. The topological polar surface area (TPSA) is 63.6 Å². The lowest BCUT2D eigenvalue weighted by atomic mass is 10.2. The van der Waals surface area contributed by atoms with Crippen molar-refractivity contribution < 1.29 is 18.7 Å². The van der Waals surface area contributed by atoms with Crippen LogP contribution in [0, 0.1) is 0 Å². The summed E-state index contributed by atoms with van der Waals surface area (Å²) in [6.45, 7) is 1.08. The molecule has 0 spiro atoms. The van der Waals surface area contributed by atoms with Crippen LogP contribution >= 0.6 is 44.2 Å². The van der Waals surface area contributed by atoms with Gasteiger partial charge >= 0.3 is 0 Å². The minimum absolute atomic E-state index is 0.833. The molecule has 7 heteroatoms. The number of carboxylic acid groups (broad SMARTS) is 1. The van der Waals surface area contributed by atoms with E-state index in [9.17, 15) is 0 Å². The lowest BCUT2D eigenvalue weighted by Crippen LogP contribution is -1.78. The molecular weight excluding hydrogens is 616 g/mol. The quantitative estimate of drug-likeness (QED) is 0.181. The zero-order valence-electron chi connectivity index (χ0n) is 17.5. The summed E-state index contributed by atoms with van der Waals surface area (Å²) in [7, 11) is 0. The molecule has 0 fully saturated rings. The van der Waals surface area contributed by atoms with Crippen LogP contribution < -0.4 is 0 Å². The molecule has 6 aromatic rings. The first-order valence-electron chi connectivity index (χ1n) is 9.80. The van der Waals surface area contributed by atoms with Crippen molar-refractivity contribution in [2.75, 3.05) is 0 Å². The maximum absolute atomic E-state index is 9.00. The van der Waals surface area contributed by atoms with Crippen molar-refractivity contribution >= 4 is 94.0 Å². The van der Waals surface area contributed by atoms with Gasteiger partial charge in [-0.1, -0.05) is 70.5 Å². The Balaban J connectivity index is 0.000000151. The van der Waals surface area contributed by atoms with E-state index in [1.807, 2.05) is 66.7 Å². The molecule has 0 radical (unpaired) electrons. The summed E-state index contributed by atoms with van der Waals surface area (Å²) in [5, 5.41) is 12.1. The highest BCUT2D eigenvalue weighted by molar-refractivity contribution is 9.93. The first-order valence-corrected chi connectivity index (χ1v) is 14.3. The van der Waals surface area contributed by atoms with Crippen LogP contribution in [0.5, 0.6) is 0 Å². The number of aliphatic carboxylic acids is 1. The molecule has 0 atom stereocenters. The number of hydrogen-bond acceptors (Lipinski definition) is 3. The second-order valence-corrected chi connectivity index (χ2v) is 7.77. The molecule has 0 aliphatic heterocycles. The van der Waals surface area contributed by atoms with Crippen molar-refractivity contribution in [1.29, 1.82) is 0 Å². The van der Waals surface area contributed by atoms with Gasteiger partial charge in [-0.2, -0.15) is 0 Å². The van der Waals surface area contributed by atoms with Gasteiger partial charge in [0, 0.05) is 61.2 Å². The molecule has 2 heterocycles. The molecule has 4 nitrogen and oxygen atoms in total. The van der Waals surface area contributed by atoms with Crippen molar-refractivity contribution in [3.05, 3.63) is 95.5 Å². The third kappa shape index (κ3) is 6.25. The first-order chi connectivity index (χ1) is 16.0. The average Bonchev–Trinajstić information content (AvgIpc) is 3.38. The summed E-state index contributed by atoms with van der Waals surface area (Å²) in [5.74, 6) is -0.833. The van der Waals surface area contributed by atoms with E-state index in [0.29, 0.717) is 0 Å². The van der Waals surface area contributed by atoms with Crippen molar-refractivity contribution in [3.8, 4) is 0 Å². The van der Waals surface area contributed by atoms with Crippen molar-refractivity contribution in [2.45, 2.75) is 6.92 Å². The lowest BCUT2D eigenvalue weighted by molar-refractivity contribution is -0.134. The van der Waals surface area contributed by atoms with E-state index in [1.165, 1.54) is 16.2 Å². The number of carbonyl (C=O) groups is 1. The molecule has 0 aliphatic carbocycles. The van der Waals surface area contributed by atoms with E-state index in [-0.39, 0.29) is 0 Å². The zero-order valence-corrected chi connectivity index (χ0v) is 22.2. The molecule has 0 unspecified atom stereocenters. The average molecular weight is 635 g/mol. The Morgan fingerprint density at radius 2 is 0.970 bits per heavy atom. The Hall–Kier alpha value is -2.61. The predicted octanol–water partition coefficient (Wildman–Crippen LogP) is 9.72. The zero-order chi connectivity index (χ0) is 23.8. The molecule has 0 aliphatic rings. The van der Waals surface area contributed by atoms with Gasteiger partial charge in [-0.15, -0.1) is 0 Å². The number of carboxylic acids is 1. The van der Waals surface area contributed by atoms with E-state index in [4.69, 9.17) is 18.7 Å². The monoisotopic (exact) mass is 632 g/mol. The fourth-order valence-corrected chi connectivity index (χ4v) is 3.73. The SMILES string of the molecule is BrBr.Brc1ccc2oc3ccccc3c2c1.CC(=O)O.c1ccc2c(c1)oc1ccccc12. The van der Waals surface area contributed by atoms with Crippen LogP contribution in [0.25, 0.3) is 43.9 Å². The Kier molecular flexibility index (Phi) is 9.11. The van der Waals surface area contributed by atoms with Crippen LogP contribution in [0.1, 0.15) is 6.92 Å². The molecule has 6 rings (SSSR count). The van der Waals surface area contributed by atoms with E-state index < -0.39 is 5.97 Å². The number of furan rings is 2. The van der Waals surface area contributed by atoms with Gasteiger partial charge < -0.3 is 13.9 Å². The van der Waals surface area contributed by atoms with Gasteiger partial charge in [0.25, 0.3) is 5.97 Å². The molecule has 4 aromatic carbocycles. The Morgan fingerprint density at radius 1 is 0.636 bits per heavy atom. The molecule has 0 saturated heterocycles. The molecule has 168 valence electrons. The van der Waals surface area contributed by atoms with E-state index in [0.717, 1.165) is 39.1 Å². The summed E-state index contributed by atoms with van der Waals surface area (Å²) in [5.41, 5.74) is 3.81. The second-order valence-electron chi connectivity index (χ2n) is 6.85. The second kappa shape index (κ2) is 12.0. The van der Waals surface area contributed by atoms with E-state index >= 15 is 0 Å². The van der Waals surface area contributed by atoms with E-state index in [2.05, 4.69) is 68.5 Å². The number of fused-ring (bicyclic) bond motifs is 6. The Bertz CT molecular complexity index is 1450. The normalized spacial score (nSPS) is 10.1. The van der Waals surface area contributed by atoms with Crippen LogP contribution in [0.2, 0.25) is 0 Å². The molecule has 0 bridgehead atoms. The van der Waals surface area contributed by atoms with Crippen LogP contribution in [0.3, 0.4) is 0 Å². The number of rotatable bonds is 0. The molecule has 2 aromatic heterocycles. The van der Waals surface area contributed by atoms with Crippen molar-refractivity contribution in [2.24, 2.45) is 0 Å². The standard InChI is InChI=1S/C12H7BrO.C12H8O.C2H4O2.Br2/c13-8-5-6-12-10(7-8)9-3-1-2-4-11(9)14-12;1-3-7-11-9(5-1)10-6-2-4-8-12(10)13-11;1-2(3)4;1-2/h1-7H;1-8H;1H3,(H,3,4);. The van der Waals surface area contributed by atoms with E-state index in [1.54, 1.807) is 0 Å². The highest BCUT2D eigenvalue weighted by Gasteiger charge is 2.05. The molecule has 0 amide bonds. The minimum atomic E-state index is -0.833. The van der Waals surface area contributed by atoms with Crippen molar-refractivity contribution in [3.63, 3.8) is 0 Å². The Labute approximate surface area is 214 Å².